The SMILES string of the molecule is Cc1ccc(NC(=O)CNC(=O)C2CCCC2O)c(Cl)c1. The minimum atomic E-state index is -0.598. The van der Waals surface area contributed by atoms with E-state index < -0.39 is 12.0 Å². The number of rotatable bonds is 4. The maximum atomic E-state index is 11.8. The number of aliphatic hydroxyl groups is 1. The standard InChI is InChI=1S/C15H19ClN2O3/c1-9-5-6-12(11(16)7-9)18-14(20)8-17-15(21)10-3-2-4-13(10)19/h5-7,10,13,19H,2-4,8H2,1H3,(H,17,21)(H,18,20). The Morgan fingerprint density at radius 3 is 2.76 bits per heavy atom. The highest BCUT2D eigenvalue weighted by molar-refractivity contribution is 6.33. The molecule has 0 bridgehead atoms. The maximum Gasteiger partial charge on any atom is 0.243 e. The quantitative estimate of drug-likeness (QED) is 0.794. The van der Waals surface area contributed by atoms with E-state index in [1.54, 1.807) is 12.1 Å². The summed E-state index contributed by atoms with van der Waals surface area (Å²) in [5.74, 6) is -1.02. The second-order valence-corrected chi connectivity index (χ2v) is 5.76. The molecule has 0 saturated heterocycles. The Morgan fingerprint density at radius 1 is 1.38 bits per heavy atom. The van der Waals surface area contributed by atoms with E-state index in [2.05, 4.69) is 10.6 Å². The molecular formula is C15H19ClN2O3. The number of aryl methyl sites for hydroxylation is 1. The lowest BCUT2D eigenvalue weighted by atomic mass is 10.1. The minimum absolute atomic E-state index is 0.133. The molecule has 2 amide bonds. The first-order valence-corrected chi connectivity index (χ1v) is 7.37. The fourth-order valence-electron chi connectivity index (χ4n) is 2.46. The van der Waals surface area contributed by atoms with Crippen molar-refractivity contribution < 1.29 is 14.7 Å². The molecule has 1 aliphatic carbocycles. The van der Waals surface area contributed by atoms with Gasteiger partial charge in [-0.15, -0.1) is 0 Å². The normalized spacial score (nSPS) is 21.1. The zero-order chi connectivity index (χ0) is 15.4. The van der Waals surface area contributed by atoms with Gasteiger partial charge < -0.3 is 15.7 Å². The highest BCUT2D eigenvalue weighted by Crippen LogP contribution is 2.25. The third kappa shape index (κ3) is 4.19. The van der Waals surface area contributed by atoms with Crippen LogP contribution in [0, 0.1) is 12.8 Å². The molecule has 1 aliphatic rings. The highest BCUT2D eigenvalue weighted by atomic mass is 35.5. The van der Waals surface area contributed by atoms with Crippen LogP contribution in [0.4, 0.5) is 5.69 Å². The van der Waals surface area contributed by atoms with Crippen molar-refractivity contribution in [3.63, 3.8) is 0 Å². The molecular weight excluding hydrogens is 292 g/mol. The Morgan fingerprint density at radius 2 is 2.14 bits per heavy atom. The molecule has 1 aromatic carbocycles. The second-order valence-electron chi connectivity index (χ2n) is 5.35. The number of aliphatic hydroxyl groups excluding tert-OH is 1. The van der Waals surface area contributed by atoms with E-state index in [4.69, 9.17) is 11.6 Å². The van der Waals surface area contributed by atoms with Gasteiger partial charge >= 0.3 is 0 Å². The molecule has 0 aliphatic heterocycles. The van der Waals surface area contributed by atoms with Crippen molar-refractivity contribution in [1.82, 2.24) is 5.32 Å². The molecule has 1 saturated carbocycles. The molecule has 5 nitrogen and oxygen atoms in total. The second kappa shape index (κ2) is 6.91. The Bertz CT molecular complexity index is 548. The molecule has 0 heterocycles. The van der Waals surface area contributed by atoms with Crippen molar-refractivity contribution in [1.29, 1.82) is 0 Å². The summed E-state index contributed by atoms with van der Waals surface area (Å²) in [7, 11) is 0. The van der Waals surface area contributed by atoms with Crippen LogP contribution >= 0.6 is 11.6 Å². The molecule has 1 fully saturated rings. The Balaban J connectivity index is 1.83. The van der Waals surface area contributed by atoms with Crippen molar-refractivity contribution in [3.05, 3.63) is 28.8 Å². The number of carbonyl (C=O) groups excluding carboxylic acids is 2. The van der Waals surface area contributed by atoms with Gasteiger partial charge in [-0.3, -0.25) is 9.59 Å². The number of amides is 2. The summed E-state index contributed by atoms with van der Waals surface area (Å²) in [6.45, 7) is 1.77. The summed E-state index contributed by atoms with van der Waals surface area (Å²) in [6.07, 6.45) is 1.55. The first kappa shape index (κ1) is 15.8. The number of halogens is 1. The lowest BCUT2D eigenvalue weighted by Crippen LogP contribution is -2.39. The lowest BCUT2D eigenvalue weighted by molar-refractivity contribution is -0.129. The number of hydrogen-bond donors (Lipinski definition) is 3. The number of anilines is 1. The fourth-order valence-corrected chi connectivity index (χ4v) is 2.74. The van der Waals surface area contributed by atoms with Gasteiger partial charge in [0.2, 0.25) is 11.8 Å². The number of benzene rings is 1. The van der Waals surface area contributed by atoms with Gasteiger partial charge in [0.15, 0.2) is 0 Å². The Hall–Kier alpha value is -1.59. The predicted octanol–water partition coefficient (Wildman–Crippen LogP) is 1.86. The zero-order valence-corrected chi connectivity index (χ0v) is 12.6. The number of carbonyl (C=O) groups is 2. The molecule has 0 spiro atoms. The molecule has 2 atom stereocenters. The molecule has 2 unspecified atom stereocenters. The minimum Gasteiger partial charge on any atom is -0.392 e. The summed E-state index contributed by atoms with van der Waals surface area (Å²) < 4.78 is 0. The van der Waals surface area contributed by atoms with Gasteiger partial charge in [-0.05, 0) is 43.9 Å². The van der Waals surface area contributed by atoms with Crippen LogP contribution in [-0.4, -0.2) is 29.6 Å². The molecule has 0 aromatic heterocycles. The molecule has 2 rings (SSSR count). The van der Waals surface area contributed by atoms with Crippen molar-refractivity contribution in [3.8, 4) is 0 Å². The van der Waals surface area contributed by atoms with Crippen LogP contribution in [0.15, 0.2) is 18.2 Å². The van der Waals surface area contributed by atoms with Gasteiger partial charge in [-0.2, -0.15) is 0 Å². The van der Waals surface area contributed by atoms with E-state index in [0.29, 0.717) is 23.6 Å². The smallest absolute Gasteiger partial charge is 0.243 e. The Kier molecular flexibility index (Phi) is 5.20. The van der Waals surface area contributed by atoms with Gasteiger partial charge in [0.05, 0.1) is 29.3 Å². The summed E-state index contributed by atoms with van der Waals surface area (Å²) in [5, 5.41) is 15.3. The fraction of sp³-hybridized carbons (Fsp3) is 0.467. The number of hydrogen-bond acceptors (Lipinski definition) is 3. The van der Waals surface area contributed by atoms with E-state index in [-0.39, 0.29) is 18.4 Å². The number of nitrogens with one attached hydrogen (secondary N) is 2. The molecule has 21 heavy (non-hydrogen) atoms. The van der Waals surface area contributed by atoms with Gasteiger partial charge in [0.1, 0.15) is 0 Å². The monoisotopic (exact) mass is 310 g/mol. The molecule has 3 N–H and O–H groups in total. The lowest BCUT2D eigenvalue weighted by Gasteiger charge is -2.14. The van der Waals surface area contributed by atoms with Crippen LogP contribution in [0.3, 0.4) is 0 Å². The van der Waals surface area contributed by atoms with Gasteiger partial charge in [0.25, 0.3) is 0 Å². The predicted molar refractivity (Wildman–Crippen MR) is 81.2 cm³/mol. The van der Waals surface area contributed by atoms with Gasteiger partial charge in [-0.25, -0.2) is 0 Å². The van der Waals surface area contributed by atoms with Crippen LogP contribution in [-0.2, 0) is 9.59 Å². The average Bonchev–Trinajstić information content (AvgIpc) is 2.85. The van der Waals surface area contributed by atoms with Crippen LogP contribution in [0.25, 0.3) is 0 Å². The molecule has 6 heteroatoms. The first-order chi connectivity index (χ1) is 9.97. The van der Waals surface area contributed by atoms with E-state index in [0.717, 1.165) is 12.0 Å². The largest absolute Gasteiger partial charge is 0.392 e. The van der Waals surface area contributed by atoms with Crippen molar-refractivity contribution in [2.24, 2.45) is 5.92 Å². The van der Waals surface area contributed by atoms with Crippen LogP contribution < -0.4 is 10.6 Å². The molecule has 114 valence electrons. The first-order valence-electron chi connectivity index (χ1n) is 6.99. The van der Waals surface area contributed by atoms with Crippen LogP contribution in [0.1, 0.15) is 24.8 Å². The molecule has 1 aromatic rings. The average molecular weight is 311 g/mol. The Labute approximate surface area is 128 Å². The van der Waals surface area contributed by atoms with Crippen LogP contribution in [0.2, 0.25) is 5.02 Å². The zero-order valence-electron chi connectivity index (χ0n) is 11.9. The van der Waals surface area contributed by atoms with Crippen molar-refractivity contribution >= 4 is 29.1 Å². The van der Waals surface area contributed by atoms with Crippen LogP contribution in [0.5, 0.6) is 0 Å². The van der Waals surface area contributed by atoms with E-state index in [1.165, 1.54) is 0 Å². The van der Waals surface area contributed by atoms with E-state index in [9.17, 15) is 14.7 Å². The van der Waals surface area contributed by atoms with Crippen molar-refractivity contribution in [2.45, 2.75) is 32.3 Å². The van der Waals surface area contributed by atoms with E-state index in [1.807, 2.05) is 13.0 Å². The summed E-state index contributed by atoms with van der Waals surface area (Å²) >= 11 is 6.02. The summed E-state index contributed by atoms with van der Waals surface area (Å²) in [5.41, 5.74) is 1.52. The van der Waals surface area contributed by atoms with Gasteiger partial charge in [-0.1, -0.05) is 17.7 Å². The summed E-state index contributed by atoms with van der Waals surface area (Å²) in [6, 6.07) is 5.32. The highest BCUT2D eigenvalue weighted by Gasteiger charge is 2.31. The summed E-state index contributed by atoms with van der Waals surface area (Å²) in [4.78, 5) is 23.7. The van der Waals surface area contributed by atoms with Gasteiger partial charge in [0, 0.05) is 0 Å². The van der Waals surface area contributed by atoms with Crippen molar-refractivity contribution in [2.75, 3.05) is 11.9 Å². The third-order valence-corrected chi connectivity index (χ3v) is 3.95. The van der Waals surface area contributed by atoms with E-state index >= 15 is 0 Å². The maximum absolute atomic E-state index is 11.8. The molecule has 0 radical (unpaired) electrons. The topological polar surface area (TPSA) is 78.4 Å². The third-order valence-electron chi connectivity index (χ3n) is 3.64.